The van der Waals surface area contributed by atoms with Crippen molar-refractivity contribution in [3.63, 3.8) is 0 Å². The number of hydrogen-bond donors (Lipinski definition) is 2. The Labute approximate surface area is 87.1 Å². The van der Waals surface area contributed by atoms with Crippen molar-refractivity contribution in [3.05, 3.63) is 29.8 Å². The van der Waals surface area contributed by atoms with Gasteiger partial charge in [-0.2, -0.15) is 16.8 Å². The smallest absolute Gasteiger partial charge is 0.285 e. The Kier molecular flexibility index (Phi) is 3.14. The fourth-order valence-electron chi connectivity index (χ4n) is 1.07. The van der Waals surface area contributed by atoms with Crippen molar-refractivity contribution in [1.82, 2.24) is 0 Å². The van der Waals surface area contributed by atoms with E-state index < -0.39 is 30.9 Å². The van der Waals surface area contributed by atoms with Crippen LogP contribution in [0, 0.1) is 0 Å². The van der Waals surface area contributed by atoms with Gasteiger partial charge in [-0.05, 0) is 11.6 Å². The lowest BCUT2D eigenvalue weighted by atomic mass is 10.2. The molecule has 0 aromatic heterocycles. The molecule has 0 unspecified atom stereocenters. The molecule has 1 aromatic rings. The lowest BCUT2D eigenvalue weighted by Crippen LogP contribution is -2.08. The Morgan fingerprint density at radius 3 is 2.00 bits per heavy atom. The van der Waals surface area contributed by atoms with E-state index >= 15 is 0 Å². The van der Waals surface area contributed by atoms with E-state index in [4.69, 9.17) is 9.11 Å². The highest BCUT2D eigenvalue weighted by atomic mass is 32.2. The van der Waals surface area contributed by atoms with Crippen LogP contribution in [0.3, 0.4) is 0 Å². The molecule has 0 spiro atoms. The van der Waals surface area contributed by atoms with Crippen LogP contribution in [0.2, 0.25) is 0 Å². The standard InChI is InChI=1S/C7H8O6S2/c8-14(9,10)5-6-3-1-2-4-7(6)15(11,12)13/h1-4H,5H2,(H,8,9,10)(H,11,12,13). The molecular formula is C7H8O6S2. The van der Waals surface area contributed by atoms with Crippen LogP contribution in [-0.2, 0) is 26.0 Å². The molecule has 0 aliphatic heterocycles. The summed E-state index contributed by atoms with van der Waals surface area (Å²) in [6, 6.07) is 4.97. The van der Waals surface area contributed by atoms with Crippen molar-refractivity contribution in [3.8, 4) is 0 Å². The quantitative estimate of drug-likeness (QED) is 0.750. The zero-order valence-corrected chi connectivity index (χ0v) is 8.99. The maximum atomic E-state index is 10.8. The predicted molar refractivity (Wildman–Crippen MR) is 51.5 cm³/mol. The summed E-state index contributed by atoms with van der Waals surface area (Å²) in [5, 5.41) is 0. The summed E-state index contributed by atoms with van der Waals surface area (Å²) >= 11 is 0. The molecule has 6 nitrogen and oxygen atoms in total. The van der Waals surface area contributed by atoms with E-state index in [0.717, 1.165) is 6.07 Å². The van der Waals surface area contributed by atoms with Crippen molar-refractivity contribution < 1.29 is 25.9 Å². The molecule has 0 saturated heterocycles. The zero-order chi connectivity index (χ0) is 11.7. The summed E-state index contributed by atoms with van der Waals surface area (Å²) in [4.78, 5) is -0.525. The van der Waals surface area contributed by atoms with Crippen LogP contribution in [0.5, 0.6) is 0 Å². The third kappa shape index (κ3) is 3.59. The summed E-state index contributed by atoms with van der Waals surface area (Å²) in [5.74, 6) is -0.858. The van der Waals surface area contributed by atoms with E-state index in [1.165, 1.54) is 18.2 Å². The van der Waals surface area contributed by atoms with E-state index in [-0.39, 0.29) is 5.56 Å². The average Bonchev–Trinajstić information content (AvgIpc) is 1.99. The molecule has 2 N–H and O–H groups in total. The average molecular weight is 252 g/mol. The second-order valence-electron chi connectivity index (χ2n) is 2.81. The van der Waals surface area contributed by atoms with E-state index in [1.54, 1.807) is 0 Å². The van der Waals surface area contributed by atoms with Gasteiger partial charge in [0, 0.05) is 0 Å². The minimum Gasteiger partial charge on any atom is -0.285 e. The Hall–Kier alpha value is -0.960. The Bertz CT molecular complexity index is 557. The van der Waals surface area contributed by atoms with Crippen LogP contribution in [0.4, 0.5) is 0 Å². The molecule has 0 fully saturated rings. The zero-order valence-electron chi connectivity index (χ0n) is 7.36. The van der Waals surface area contributed by atoms with Crippen LogP contribution in [0.1, 0.15) is 5.56 Å². The minimum absolute atomic E-state index is 0.178. The molecular weight excluding hydrogens is 244 g/mol. The van der Waals surface area contributed by atoms with E-state index in [1.807, 2.05) is 0 Å². The molecule has 0 atom stereocenters. The Morgan fingerprint density at radius 1 is 1.00 bits per heavy atom. The summed E-state index contributed by atoms with van der Waals surface area (Å²) in [5.41, 5.74) is -0.178. The Balaban J connectivity index is 3.32. The highest BCUT2D eigenvalue weighted by Gasteiger charge is 2.18. The summed E-state index contributed by atoms with van der Waals surface area (Å²) in [6.07, 6.45) is 0. The summed E-state index contributed by atoms with van der Waals surface area (Å²) < 4.78 is 60.1. The maximum Gasteiger partial charge on any atom is 0.294 e. The van der Waals surface area contributed by atoms with Gasteiger partial charge in [0.25, 0.3) is 20.2 Å². The SMILES string of the molecule is O=S(=O)(O)Cc1ccccc1S(=O)(=O)O. The van der Waals surface area contributed by atoms with Crippen LogP contribution < -0.4 is 0 Å². The first kappa shape index (κ1) is 12.1. The van der Waals surface area contributed by atoms with Gasteiger partial charge in [-0.15, -0.1) is 0 Å². The highest BCUT2D eigenvalue weighted by Crippen LogP contribution is 2.16. The van der Waals surface area contributed by atoms with Crippen molar-refractivity contribution in [2.24, 2.45) is 0 Å². The second kappa shape index (κ2) is 3.89. The molecule has 0 radical (unpaired) electrons. The number of benzene rings is 1. The van der Waals surface area contributed by atoms with Gasteiger partial charge < -0.3 is 0 Å². The van der Waals surface area contributed by atoms with Gasteiger partial charge in [0.15, 0.2) is 0 Å². The first-order valence-electron chi connectivity index (χ1n) is 3.71. The van der Waals surface area contributed by atoms with Crippen molar-refractivity contribution >= 4 is 20.2 Å². The maximum absolute atomic E-state index is 10.8. The van der Waals surface area contributed by atoms with Crippen molar-refractivity contribution in [2.45, 2.75) is 10.6 Å². The Morgan fingerprint density at radius 2 is 1.53 bits per heavy atom. The fourth-order valence-corrected chi connectivity index (χ4v) is 2.53. The van der Waals surface area contributed by atoms with E-state index in [0.29, 0.717) is 0 Å². The van der Waals surface area contributed by atoms with Crippen LogP contribution in [-0.4, -0.2) is 25.9 Å². The molecule has 15 heavy (non-hydrogen) atoms. The third-order valence-corrected chi connectivity index (χ3v) is 3.22. The summed E-state index contributed by atoms with van der Waals surface area (Å²) in [6.45, 7) is 0. The predicted octanol–water partition coefficient (Wildman–Crippen LogP) is 0.321. The topological polar surface area (TPSA) is 109 Å². The van der Waals surface area contributed by atoms with Gasteiger partial charge in [-0.3, -0.25) is 9.11 Å². The van der Waals surface area contributed by atoms with Crippen molar-refractivity contribution in [1.29, 1.82) is 0 Å². The molecule has 1 aromatic carbocycles. The first-order chi connectivity index (χ1) is 6.70. The lowest BCUT2D eigenvalue weighted by molar-refractivity contribution is 0.479. The normalized spacial score (nSPS) is 12.7. The van der Waals surface area contributed by atoms with Crippen LogP contribution >= 0.6 is 0 Å². The van der Waals surface area contributed by atoms with Gasteiger partial charge in [0.05, 0.1) is 4.90 Å². The van der Waals surface area contributed by atoms with Gasteiger partial charge >= 0.3 is 0 Å². The summed E-state index contributed by atoms with van der Waals surface area (Å²) in [7, 11) is -8.82. The number of hydrogen-bond acceptors (Lipinski definition) is 4. The van der Waals surface area contributed by atoms with E-state index in [9.17, 15) is 16.8 Å². The molecule has 0 heterocycles. The molecule has 1 rings (SSSR count). The second-order valence-corrected chi connectivity index (χ2v) is 5.65. The van der Waals surface area contributed by atoms with Gasteiger partial charge in [0.1, 0.15) is 5.75 Å². The minimum atomic E-state index is -4.48. The van der Waals surface area contributed by atoms with Crippen molar-refractivity contribution in [2.75, 3.05) is 0 Å². The molecule has 0 amide bonds. The molecule has 0 bridgehead atoms. The molecule has 84 valence electrons. The third-order valence-electron chi connectivity index (χ3n) is 1.59. The van der Waals surface area contributed by atoms with Gasteiger partial charge in [0.2, 0.25) is 0 Å². The highest BCUT2D eigenvalue weighted by molar-refractivity contribution is 7.86. The van der Waals surface area contributed by atoms with Crippen LogP contribution in [0.25, 0.3) is 0 Å². The largest absolute Gasteiger partial charge is 0.294 e. The molecule has 0 saturated carbocycles. The molecule has 0 aliphatic carbocycles. The van der Waals surface area contributed by atoms with E-state index in [2.05, 4.69) is 0 Å². The van der Waals surface area contributed by atoms with Gasteiger partial charge in [-0.1, -0.05) is 18.2 Å². The van der Waals surface area contributed by atoms with Crippen LogP contribution in [0.15, 0.2) is 29.2 Å². The molecule has 0 aliphatic rings. The lowest BCUT2D eigenvalue weighted by Gasteiger charge is -2.04. The number of rotatable bonds is 3. The monoisotopic (exact) mass is 252 g/mol. The first-order valence-corrected chi connectivity index (χ1v) is 6.75. The van der Waals surface area contributed by atoms with Gasteiger partial charge in [-0.25, -0.2) is 0 Å². The fraction of sp³-hybridized carbons (Fsp3) is 0.143. The molecule has 8 heteroatoms.